The lowest BCUT2D eigenvalue weighted by atomic mass is 10.0. The van der Waals surface area contributed by atoms with Crippen LogP contribution in [0.2, 0.25) is 5.02 Å². The molecule has 2 aromatic carbocycles. The second-order valence-electron chi connectivity index (χ2n) is 4.46. The number of fused-ring (bicyclic) bond motifs is 1. The fourth-order valence-electron chi connectivity index (χ4n) is 2.35. The van der Waals surface area contributed by atoms with Crippen molar-refractivity contribution >= 4 is 28.8 Å². The first-order valence-corrected chi connectivity index (χ1v) is 6.43. The molecule has 1 aliphatic rings. The molecule has 0 amide bonds. The van der Waals surface area contributed by atoms with Crippen LogP contribution in [0, 0.1) is 11.0 Å². The highest BCUT2D eigenvalue weighted by atomic mass is 35.5. The van der Waals surface area contributed by atoms with E-state index in [2.05, 4.69) is 0 Å². The van der Waals surface area contributed by atoms with Gasteiger partial charge in [-0.25, -0.2) is 0 Å². The number of hydrogen-bond acceptors (Lipinski definition) is 3. The molecule has 0 aliphatic carbocycles. The van der Waals surface area contributed by atoms with E-state index in [1.165, 1.54) is 13.2 Å². The molecule has 0 saturated carbocycles. The van der Waals surface area contributed by atoms with Crippen molar-refractivity contribution in [2.75, 3.05) is 7.11 Å². The Morgan fingerprint density at radius 3 is 2.67 bits per heavy atom. The standard InChI is InChI=1S/C15H9ClFNO3/c1-21-12-5-3-2-4-9(12)14-15(19)10-6-8(16)7-11(17)13(10)18(14)20/h2-7H,1H3. The van der Waals surface area contributed by atoms with Crippen LogP contribution in [-0.2, 0) is 0 Å². The molecule has 6 heteroatoms. The van der Waals surface area contributed by atoms with Crippen molar-refractivity contribution in [2.45, 2.75) is 0 Å². The minimum absolute atomic E-state index is 0.0455. The van der Waals surface area contributed by atoms with Gasteiger partial charge < -0.3 is 9.94 Å². The number of ether oxygens (including phenoxy) is 1. The lowest BCUT2D eigenvalue weighted by Gasteiger charge is -2.06. The van der Waals surface area contributed by atoms with Gasteiger partial charge in [0.05, 0.1) is 12.7 Å². The largest absolute Gasteiger partial charge is 0.618 e. The first-order valence-electron chi connectivity index (χ1n) is 6.06. The first kappa shape index (κ1) is 13.6. The molecule has 0 fully saturated rings. The molecule has 0 N–H and O–H groups in total. The molecule has 3 rings (SSSR count). The zero-order chi connectivity index (χ0) is 15.1. The summed E-state index contributed by atoms with van der Waals surface area (Å²) in [7, 11) is 1.43. The molecule has 0 radical (unpaired) electrons. The maximum Gasteiger partial charge on any atom is 0.276 e. The van der Waals surface area contributed by atoms with Crippen LogP contribution >= 0.6 is 11.6 Å². The summed E-state index contributed by atoms with van der Waals surface area (Å²) in [5.41, 5.74) is -0.225. The van der Waals surface area contributed by atoms with Gasteiger partial charge in [-0.3, -0.25) is 4.79 Å². The fraction of sp³-hybridized carbons (Fsp3) is 0.0667. The van der Waals surface area contributed by atoms with Gasteiger partial charge in [-0.1, -0.05) is 23.7 Å². The molecule has 0 spiro atoms. The highest BCUT2D eigenvalue weighted by molar-refractivity contribution is 6.52. The monoisotopic (exact) mass is 305 g/mol. The summed E-state index contributed by atoms with van der Waals surface area (Å²) in [6, 6.07) is 8.86. The smallest absolute Gasteiger partial charge is 0.276 e. The summed E-state index contributed by atoms with van der Waals surface area (Å²) in [6.45, 7) is 0. The molecule has 1 aliphatic heterocycles. The molecule has 4 nitrogen and oxygen atoms in total. The van der Waals surface area contributed by atoms with Crippen molar-refractivity contribution in [3.63, 3.8) is 0 Å². The van der Waals surface area contributed by atoms with Gasteiger partial charge in [-0.2, -0.15) is 9.13 Å². The SMILES string of the molecule is COc1ccccc1C1=[N+]([O-])c2c(F)cc(Cl)cc2C1=O. The van der Waals surface area contributed by atoms with Crippen molar-refractivity contribution in [3.8, 4) is 5.75 Å². The summed E-state index contributed by atoms with van der Waals surface area (Å²) in [5.74, 6) is -1.04. The lowest BCUT2D eigenvalue weighted by Crippen LogP contribution is -2.17. The van der Waals surface area contributed by atoms with Crippen LogP contribution < -0.4 is 4.74 Å². The Balaban J connectivity index is 2.27. The van der Waals surface area contributed by atoms with Crippen LogP contribution in [-0.4, -0.2) is 23.3 Å². The normalized spacial score (nSPS) is 13.6. The highest BCUT2D eigenvalue weighted by Crippen LogP contribution is 2.34. The molecule has 21 heavy (non-hydrogen) atoms. The van der Waals surface area contributed by atoms with E-state index in [-0.39, 0.29) is 22.0 Å². The predicted molar refractivity (Wildman–Crippen MR) is 76.1 cm³/mol. The minimum Gasteiger partial charge on any atom is -0.618 e. The summed E-state index contributed by atoms with van der Waals surface area (Å²) in [4.78, 5) is 12.4. The number of carbonyl (C=O) groups is 1. The molecule has 0 aromatic heterocycles. The summed E-state index contributed by atoms with van der Waals surface area (Å²) < 4.78 is 19.4. The summed E-state index contributed by atoms with van der Waals surface area (Å²) >= 11 is 5.75. The number of hydrogen-bond donors (Lipinski definition) is 0. The number of carbonyl (C=O) groups excluding carboxylic acids is 1. The van der Waals surface area contributed by atoms with Crippen LogP contribution in [0.5, 0.6) is 5.75 Å². The van der Waals surface area contributed by atoms with Gasteiger partial charge in [0.15, 0.2) is 5.82 Å². The van der Waals surface area contributed by atoms with Crippen molar-refractivity contribution in [3.05, 3.63) is 63.6 Å². The van der Waals surface area contributed by atoms with Gasteiger partial charge in [-0.15, -0.1) is 0 Å². The van der Waals surface area contributed by atoms with Gasteiger partial charge in [0, 0.05) is 5.02 Å². The molecule has 106 valence electrons. The maximum absolute atomic E-state index is 13.9. The molecule has 0 saturated heterocycles. The van der Waals surface area contributed by atoms with Crippen molar-refractivity contribution in [2.24, 2.45) is 0 Å². The maximum atomic E-state index is 13.9. The van der Waals surface area contributed by atoms with Crippen molar-refractivity contribution in [1.29, 1.82) is 0 Å². The van der Waals surface area contributed by atoms with Crippen molar-refractivity contribution in [1.82, 2.24) is 0 Å². The van der Waals surface area contributed by atoms with Gasteiger partial charge in [0.1, 0.15) is 11.3 Å². The van der Waals surface area contributed by atoms with E-state index in [0.29, 0.717) is 16.1 Å². The number of nitrogens with zero attached hydrogens (tertiary/aromatic N) is 1. The van der Waals surface area contributed by atoms with Gasteiger partial charge in [-0.05, 0) is 24.3 Å². The lowest BCUT2D eigenvalue weighted by molar-refractivity contribution is -0.358. The van der Waals surface area contributed by atoms with E-state index >= 15 is 0 Å². The van der Waals surface area contributed by atoms with E-state index in [4.69, 9.17) is 16.3 Å². The summed E-state index contributed by atoms with van der Waals surface area (Å²) in [6.07, 6.45) is 0. The Morgan fingerprint density at radius 1 is 1.24 bits per heavy atom. The third-order valence-corrected chi connectivity index (χ3v) is 3.47. The molecule has 2 aromatic rings. The van der Waals surface area contributed by atoms with Gasteiger partial charge in [0.2, 0.25) is 0 Å². The quantitative estimate of drug-likeness (QED) is 0.632. The van der Waals surface area contributed by atoms with E-state index in [1.807, 2.05) is 0 Å². The number of Topliss-reactive ketones (excluding diaryl/α,β-unsaturated/α-hetero) is 1. The van der Waals surface area contributed by atoms with Crippen LogP contribution in [0.25, 0.3) is 0 Å². The van der Waals surface area contributed by atoms with Crippen molar-refractivity contribution < 1.29 is 18.7 Å². The Hall–Kier alpha value is -2.40. The minimum atomic E-state index is -0.828. The molecular weight excluding hydrogens is 297 g/mol. The number of methoxy groups -OCH3 is 1. The second kappa shape index (κ2) is 4.86. The Labute approximate surface area is 124 Å². The van der Waals surface area contributed by atoms with E-state index in [1.54, 1.807) is 24.3 Å². The van der Waals surface area contributed by atoms with Gasteiger partial charge >= 0.3 is 0 Å². The Kier molecular flexibility index (Phi) is 3.14. The molecule has 0 bridgehead atoms. The number of benzene rings is 2. The van der Waals surface area contributed by atoms with Crippen LogP contribution in [0.3, 0.4) is 0 Å². The fourth-order valence-corrected chi connectivity index (χ4v) is 2.55. The Bertz CT molecular complexity index is 802. The number of para-hydroxylation sites is 1. The predicted octanol–water partition coefficient (Wildman–Crippen LogP) is 3.32. The average Bonchev–Trinajstić information content (AvgIpc) is 2.70. The average molecular weight is 306 g/mol. The van der Waals surface area contributed by atoms with E-state index in [9.17, 15) is 14.4 Å². The zero-order valence-corrected chi connectivity index (χ0v) is 11.6. The van der Waals surface area contributed by atoms with Crippen LogP contribution in [0.1, 0.15) is 15.9 Å². The molecule has 0 unspecified atom stereocenters. The molecule has 0 atom stereocenters. The third kappa shape index (κ3) is 1.97. The Morgan fingerprint density at radius 2 is 1.95 bits per heavy atom. The number of ketones is 1. The summed E-state index contributed by atoms with van der Waals surface area (Å²) in [5, 5.41) is 12.4. The highest BCUT2D eigenvalue weighted by Gasteiger charge is 2.40. The second-order valence-corrected chi connectivity index (χ2v) is 4.89. The van der Waals surface area contributed by atoms with Crippen LogP contribution in [0.15, 0.2) is 36.4 Å². The number of rotatable bonds is 2. The molecular formula is C15H9ClFNO3. The van der Waals surface area contributed by atoms with Crippen LogP contribution in [0.4, 0.5) is 10.1 Å². The first-order chi connectivity index (χ1) is 10.0. The third-order valence-electron chi connectivity index (χ3n) is 3.26. The zero-order valence-electron chi connectivity index (χ0n) is 10.9. The van der Waals surface area contributed by atoms with E-state index < -0.39 is 11.6 Å². The van der Waals surface area contributed by atoms with E-state index in [0.717, 1.165) is 6.07 Å². The topological polar surface area (TPSA) is 52.4 Å². The molecule has 1 heterocycles. The van der Waals surface area contributed by atoms with Gasteiger partial charge in [0.25, 0.3) is 17.2 Å². The number of halogens is 2.